The first-order chi connectivity index (χ1) is 13.1. The van der Waals surface area contributed by atoms with Crippen LogP contribution >= 0.6 is 0 Å². The van der Waals surface area contributed by atoms with Crippen LogP contribution in [0, 0.1) is 5.82 Å². The number of pyridine rings is 1. The minimum atomic E-state index is -0.539. The van der Waals surface area contributed by atoms with Gasteiger partial charge in [-0.3, -0.25) is 9.78 Å². The first-order valence-electron chi connectivity index (χ1n) is 8.55. The summed E-state index contributed by atoms with van der Waals surface area (Å²) in [6.07, 6.45) is 1.65. The van der Waals surface area contributed by atoms with Gasteiger partial charge in [0.25, 0.3) is 5.91 Å². The third-order valence-electron chi connectivity index (χ3n) is 4.48. The van der Waals surface area contributed by atoms with E-state index in [-0.39, 0.29) is 17.5 Å². The van der Waals surface area contributed by atoms with Crippen molar-refractivity contribution in [2.24, 2.45) is 0 Å². The maximum Gasteiger partial charge on any atom is 0.290 e. The molecule has 0 bridgehead atoms. The molecule has 0 aliphatic carbocycles. The van der Waals surface area contributed by atoms with Gasteiger partial charge in [0.05, 0.1) is 11.7 Å². The van der Waals surface area contributed by atoms with E-state index in [1.165, 1.54) is 17.0 Å². The predicted octanol–water partition coefficient (Wildman–Crippen LogP) is 4.83. The van der Waals surface area contributed by atoms with Crippen molar-refractivity contribution >= 4 is 16.9 Å². The Morgan fingerprint density at radius 2 is 1.85 bits per heavy atom. The molecule has 134 valence electrons. The normalized spacial score (nSPS) is 12.1. The lowest BCUT2D eigenvalue weighted by atomic mass is 10.0. The number of halogens is 1. The van der Waals surface area contributed by atoms with Gasteiger partial charge in [0, 0.05) is 18.6 Å². The molecule has 4 nitrogen and oxygen atoms in total. The fraction of sp³-hybridized carbons (Fsp3) is 0.0909. The number of carbonyl (C=O) groups is 1. The number of nitrogens with zero attached hydrogens (tertiary/aromatic N) is 2. The molecule has 0 aliphatic heterocycles. The highest BCUT2D eigenvalue weighted by Crippen LogP contribution is 2.29. The smallest absolute Gasteiger partial charge is 0.290 e. The molecule has 0 spiro atoms. The van der Waals surface area contributed by atoms with Gasteiger partial charge in [-0.25, -0.2) is 4.39 Å². The molecule has 27 heavy (non-hydrogen) atoms. The predicted molar refractivity (Wildman–Crippen MR) is 101 cm³/mol. The summed E-state index contributed by atoms with van der Waals surface area (Å²) in [5.74, 6) is -0.430. The molecule has 1 amide bonds. The lowest BCUT2D eigenvalue weighted by Gasteiger charge is -2.27. The Morgan fingerprint density at radius 3 is 2.59 bits per heavy atom. The first kappa shape index (κ1) is 17.0. The van der Waals surface area contributed by atoms with E-state index in [0.29, 0.717) is 16.8 Å². The van der Waals surface area contributed by atoms with Crippen LogP contribution in [0.1, 0.15) is 27.9 Å². The molecule has 2 aromatic carbocycles. The highest BCUT2D eigenvalue weighted by Gasteiger charge is 2.27. The summed E-state index contributed by atoms with van der Waals surface area (Å²) in [7, 11) is 1.67. The summed E-state index contributed by atoms with van der Waals surface area (Å²) < 4.78 is 19.5. The molecule has 2 aromatic heterocycles. The van der Waals surface area contributed by atoms with Crippen molar-refractivity contribution in [2.75, 3.05) is 7.05 Å². The van der Waals surface area contributed by atoms with Crippen LogP contribution in [0.2, 0.25) is 0 Å². The molecule has 0 fully saturated rings. The summed E-state index contributed by atoms with van der Waals surface area (Å²) in [4.78, 5) is 19.0. The average Bonchev–Trinajstić information content (AvgIpc) is 3.12. The Morgan fingerprint density at radius 1 is 1.04 bits per heavy atom. The van der Waals surface area contributed by atoms with Crippen molar-refractivity contribution in [2.45, 2.75) is 6.04 Å². The molecule has 0 saturated carbocycles. The maximum absolute atomic E-state index is 13.8. The SMILES string of the molecule is CN(C(=O)c1cc2ccccc2o1)[C@H](c1cccc(F)c1)c1ccccn1. The van der Waals surface area contributed by atoms with Crippen LogP contribution in [0.5, 0.6) is 0 Å². The van der Waals surface area contributed by atoms with Crippen LogP contribution in [-0.2, 0) is 0 Å². The fourth-order valence-corrected chi connectivity index (χ4v) is 3.19. The van der Waals surface area contributed by atoms with Gasteiger partial charge in [-0.15, -0.1) is 0 Å². The average molecular weight is 360 g/mol. The van der Waals surface area contributed by atoms with E-state index in [4.69, 9.17) is 4.42 Å². The van der Waals surface area contributed by atoms with Gasteiger partial charge in [-0.05, 0) is 42.0 Å². The van der Waals surface area contributed by atoms with Gasteiger partial charge in [0.2, 0.25) is 0 Å². The van der Waals surface area contributed by atoms with Gasteiger partial charge in [-0.2, -0.15) is 0 Å². The van der Waals surface area contributed by atoms with Crippen LogP contribution in [0.4, 0.5) is 4.39 Å². The molecular formula is C22H17FN2O2. The van der Waals surface area contributed by atoms with E-state index in [1.54, 1.807) is 37.5 Å². The number of rotatable bonds is 4. The van der Waals surface area contributed by atoms with Gasteiger partial charge >= 0.3 is 0 Å². The molecule has 1 atom stereocenters. The number of fused-ring (bicyclic) bond motifs is 1. The minimum absolute atomic E-state index is 0.232. The minimum Gasteiger partial charge on any atom is -0.451 e. The molecule has 0 radical (unpaired) electrons. The Kier molecular flexibility index (Phi) is 4.42. The Bertz CT molecular complexity index is 1060. The highest BCUT2D eigenvalue weighted by molar-refractivity contribution is 5.96. The van der Waals surface area contributed by atoms with Crippen molar-refractivity contribution in [3.8, 4) is 0 Å². The van der Waals surface area contributed by atoms with Crippen molar-refractivity contribution in [3.05, 3.63) is 102 Å². The molecule has 4 aromatic rings. The quantitative estimate of drug-likeness (QED) is 0.524. The van der Waals surface area contributed by atoms with Gasteiger partial charge in [0.15, 0.2) is 5.76 Å². The molecule has 0 saturated heterocycles. The monoisotopic (exact) mass is 360 g/mol. The van der Waals surface area contributed by atoms with Crippen LogP contribution in [0.15, 0.2) is 83.4 Å². The largest absolute Gasteiger partial charge is 0.451 e. The zero-order valence-electron chi connectivity index (χ0n) is 14.7. The summed E-state index contributed by atoms with van der Waals surface area (Å²) in [6, 6.07) is 20.3. The van der Waals surface area contributed by atoms with Crippen LogP contribution in [0.25, 0.3) is 11.0 Å². The number of aromatic nitrogens is 1. The third-order valence-corrected chi connectivity index (χ3v) is 4.48. The van der Waals surface area contributed by atoms with Crippen molar-refractivity contribution in [1.82, 2.24) is 9.88 Å². The molecule has 0 N–H and O–H groups in total. The summed E-state index contributed by atoms with van der Waals surface area (Å²) in [6.45, 7) is 0. The maximum atomic E-state index is 13.8. The van der Waals surface area contributed by atoms with Gasteiger partial charge in [0.1, 0.15) is 11.4 Å². The molecule has 4 rings (SSSR count). The number of hydrogen-bond acceptors (Lipinski definition) is 3. The second-order valence-corrected chi connectivity index (χ2v) is 6.28. The summed E-state index contributed by atoms with van der Waals surface area (Å²) in [5.41, 5.74) is 1.94. The van der Waals surface area contributed by atoms with Crippen molar-refractivity contribution in [3.63, 3.8) is 0 Å². The molecular weight excluding hydrogens is 343 g/mol. The zero-order chi connectivity index (χ0) is 18.8. The Balaban J connectivity index is 1.75. The second kappa shape index (κ2) is 7.03. The molecule has 5 heteroatoms. The van der Waals surface area contributed by atoms with E-state index >= 15 is 0 Å². The number of benzene rings is 2. The lowest BCUT2D eigenvalue weighted by molar-refractivity contribution is 0.0722. The highest BCUT2D eigenvalue weighted by atomic mass is 19.1. The fourth-order valence-electron chi connectivity index (χ4n) is 3.19. The van der Waals surface area contributed by atoms with E-state index < -0.39 is 6.04 Å². The van der Waals surface area contributed by atoms with E-state index in [0.717, 1.165) is 5.39 Å². The molecule has 0 aliphatic rings. The molecule has 0 unspecified atom stereocenters. The van der Waals surface area contributed by atoms with Crippen LogP contribution in [-0.4, -0.2) is 22.8 Å². The Hall–Kier alpha value is -3.47. The van der Waals surface area contributed by atoms with Gasteiger partial charge in [-0.1, -0.05) is 36.4 Å². The third kappa shape index (κ3) is 3.31. The zero-order valence-corrected chi connectivity index (χ0v) is 14.7. The summed E-state index contributed by atoms with van der Waals surface area (Å²) in [5, 5.41) is 0.856. The van der Waals surface area contributed by atoms with Crippen LogP contribution < -0.4 is 0 Å². The molecule has 2 heterocycles. The number of amides is 1. The standard InChI is InChI=1S/C22H17FN2O2/c1-25(22(26)20-14-15-7-2-3-11-19(15)27-20)21(18-10-4-5-12-24-18)16-8-6-9-17(23)13-16/h2-14,21H,1H3/t21-/m1/s1. The number of hydrogen-bond donors (Lipinski definition) is 0. The van der Waals surface area contributed by atoms with Gasteiger partial charge < -0.3 is 9.32 Å². The van der Waals surface area contributed by atoms with E-state index in [2.05, 4.69) is 4.98 Å². The number of furan rings is 1. The second-order valence-electron chi connectivity index (χ2n) is 6.28. The van der Waals surface area contributed by atoms with E-state index in [9.17, 15) is 9.18 Å². The topological polar surface area (TPSA) is 46.3 Å². The van der Waals surface area contributed by atoms with Crippen molar-refractivity contribution < 1.29 is 13.6 Å². The van der Waals surface area contributed by atoms with Crippen molar-refractivity contribution in [1.29, 1.82) is 0 Å². The van der Waals surface area contributed by atoms with Crippen LogP contribution in [0.3, 0.4) is 0 Å². The lowest BCUT2D eigenvalue weighted by Crippen LogP contribution is -2.32. The summed E-state index contributed by atoms with van der Waals surface area (Å²) >= 11 is 0. The number of carbonyl (C=O) groups excluding carboxylic acids is 1. The van der Waals surface area contributed by atoms with E-state index in [1.807, 2.05) is 36.4 Å². The first-order valence-corrected chi connectivity index (χ1v) is 8.55. The Labute approximate surface area is 155 Å². The number of para-hydroxylation sites is 1.